The molecule has 2 heterocycles. The third kappa shape index (κ3) is 2.19. The van der Waals surface area contributed by atoms with Crippen molar-refractivity contribution < 1.29 is 10.2 Å². The fourth-order valence-electron chi connectivity index (χ4n) is 4.10. The lowest BCUT2D eigenvalue weighted by Crippen LogP contribution is -1.82. The summed E-state index contributed by atoms with van der Waals surface area (Å²) in [5.41, 5.74) is 1.91. The lowest BCUT2D eigenvalue weighted by molar-refractivity contribution is 0.475. The quantitative estimate of drug-likeness (QED) is 0.301. The van der Waals surface area contributed by atoms with Crippen LogP contribution < -0.4 is 0 Å². The first kappa shape index (κ1) is 15.9. The summed E-state index contributed by atoms with van der Waals surface area (Å²) in [4.78, 5) is 0. The number of benzene rings is 4. The molecule has 2 aromatic heterocycles. The van der Waals surface area contributed by atoms with Crippen molar-refractivity contribution in [1.29, 1.82) is 0 Å². The molecule has 0 amide bonds. The molecule has 0 radical (unpaired) electrons. The Hall–Kier alpha value is -3.08. The second-order valence-corrected chi connectivity index (χ2v) is 9.10. The van der Waals surface area contributed by atoms with Gasteiger partial charge in [-0.2, -0.15) is 0 Å². The molecular formula is C24H14O2S2. The number of fused-ring (bicyclic) bond motifs is 6. The first-order valence-corrected chi connectivity index (χ1v) is 10.6. The zero-order valence-corrected chi connectivity index (χ0v) is 16.3. The number of phenolic OH excluding ortho intramolecular Hbond substituents is 2. The standard InChI is InChI=1S/C24H14O2S2/c25-13-9-17(23-15-5-1-3-7-19(15)27-21(23)11-13)18-10-14(26)12-22-24(18)16-6-2-4-8-20(16)28-22/h1-12,25-26H. The minimum atomic E-state index is 0.241. The Bertz CT molecular complexity index is 1420. The van der Waals surface area contributed by atoms with Crippen molar-refractivity contribution in [2.24, 2.45) is 0 Å². The Labute approximate surface area is 168 Å². The summed E-state index contributed by atoms with van der Waals surface area (Å²) in [6, 6.07) is 23.9. The van der Waals surface area contributed by atoms with E-state index in [-0.39, 0.29) is 11.5 Å². The molecule has 0 atom stereocenters. The highest BCUT2D eigenvalue weighted by atomic mass is 32.1. The number of phenols is 2. The first-order chi connectivity index (χ1) is 13.7. The molecule has 6 aromatic rings. The Balaban J connectivity index is 1.85. The van der Waals surface area contributed by atoms with E-state index < -0.39 is 0 Å². The van der Waals surface area contributed by atoms with Crippen molar-refractivity contribution in [2.45, 2.75) is 0 Å². The van der Waals surface area contributed by atoms with Crippen LogP contribution in [0.15, 0.2) is 72.8 Å². The third-order valence-electron chi connectivity index (χ3n) is 5.22. The fourth-order valence-corrected chi connectivity index (χ4v) is 6.44. The average Bonchev–Trinajstić information content (AvgIpc) is 3.24. The number of rotatable bonds is 1. The molecule has 4 heteroatoms. The molecule has 0 saturated heterocycles. The van der Waals surface area contributed by atoms with Crippen molar-refractivity contribution in [1.82, 2.24) is 0 Å². The number of thiophene rings is 2. The van der Waals surface area contributed by atoms with Gasteiger partial charge in [0.25, 0.3) is 0 Å². The maximum Gasteiger partial charge on any atom is 0.117 e. The molecule has 2 N–H and O–H groups in total. The monoisotopic (exact) mass is 398 g/mol. The van der Waals surface area contributed by atoms with Gasteiger partial charge in [-0.15, -0.1) is 22.7 Å². The van der Waals surface area contributed by atoms with Crippen molar-refractivity contribution in [3.63, 3.8) is 0 Å². The van der Waals surface area contributed by atoms with E-state index in [1.165, 1.54) is 20.2 Å². The summed E-state index contributed by atoms with van der Waals surface area (Å²) in [6.45, 7) is 0. The fraction of sp³-hybridized carbons (Fsp3) is 0. The van der Waals surface area contributed by atoms with E-state index in [0.29, 0.717) is 0 Å². The molecule has 0 fully saturated rings. The predicted octanol–water partition coefficient (Wildman–Crippen LogP) is 7.50. The van der Waals surface area contributed by atoms with Gasteiger partial charge in [0.2, 0.25) is 0 Å². The van der Waals surface area contributed by atoms with Crippen molar-refractivity contribution in [3.05, 3.63) is 72.8 Å². The van der Waals surface area contributed by atoms with Crippen LogP contribution in [0, 0.1) is 0 Å². The largest absolute Gasteiger partial charge is 0.508 e. The Morgan fingerprint density at radius 1 is 0.500 bits per heavy atom. The van der Waals surface area contributed by atoms with E-state index in [1.807, 2.05) is 48.5 Å². The van der Waals surface area contributed by atoms with Gasteiger partial charge in [-0.3, -0.25) is 0 Å². The SMILES string of the molecule is Oc1cc(-c2cc(O)cc3sc4ccccc4c23)c2c(c1)sc1ccccc12. The summed E-state index contributed by atoms with van der Waals surface area (Å²) >= 11 is 3.36. The molecule has 28 heavy (non-hydrogen) atoms. The van der Waals surface area contributed by atoms with Gasteiger partial charge in [-0.25, -0.2) is 0 Å². The van der Waals surface area contributed by atoms with E-state index >= 15 is 0 Å². The van der Waals surface area contributed by atoms with Crippen LogP contribution in [0.1, 0.15) is 0 Å². The molecule has 0 aliphatic heterocycles. The lowest BCUT2D eigenvalue weighted by atomic mass is 9.95. The average molecular weight is 399 g/mol. The van der Waals surface area contributed by atoms with Crippen LogP contribution in [0.3, 0.4) is 0 Å². The van der Waals surface area contributed by atoms with E-state index in [9.17, 15) is 10.2 Å². The molecule has 2 nitrogen and oxygen atoms in total. The number of hydrogen-bond donors (Lipinski definition) is 2. The van der Waals surface area contributed by atoms with Crippen LogP contribution in [0.25, 0.3) is 51.5 Å². The second kappa shape index (κ2) is 5.71. The molecule has 0 spiro atoms. The van der Waals surface area contributed by atoms with Crippen LogP contribution in [-0.2, 0) is 0 Å². The van der Waals surface area contributed by atoms with Crippen LogP contribution in [-0.4, -0.2) is 10.2 Å². The number of aromatic hydroxyl groups is 2. The Morgan fingerprint density at radius 2 is 0.929 bits per heavy atom. The molecule has 0 aliphatic rings. The highest BCUT2D eigenvalue weighted by Crippen LogP contribution is 2.47. The summed E-state index contributed by atoms with van der Waals surface area (Å²) in [5.74, 6) is 0.482. The highest BCUT2D eigenvalue weighted by Gasteiger charge is 2.18. The van der Waals surface area contributed by atoms with Crippen molar-refractivity contribution in [2.75, 3.05) is 0 Å². The predicted molar refractivity (Wildman–Crippen MR) is 121 cm³/mol. The van der Waals surface area contributed by atoms with Gasteiger partial charge in [-0.05, 0) is 47.5 Å². The highest BCUT2D eigenvalue weighted by molar-refractivity contribution is 7.26. The van der Waals surface area contributed by atoms with Crippen LogP contribution >= 0.6 is 22.7 Å². The minimum Gasteiger partial charge on any atom is -0.508 e. The maximum absolute atomic E-state index is 10.4. The molecule has 0 aliphatic carbocycles. The molecule has 0 bridgehead atoms. The first-order valence-electron chi connectivity index (χ1n) is 8.98. The lowest BCUT2D eigenvalue weighted by Gasteiger charge is -2.09. The van der Waals surface area contributed by atoms with Gasteiger partial charge in [0.1, 0.15) is 11.5 Å². The Kier molecular flexibility index (Phi) is 3.25. The van der Waals surface area contributed by atoms with E-state index in [4.69, 9.17) is 0 Å². The normalized spacial score (nSPS) is 11.9. The van der Waals surface area contributed by atoms with E-state index in [0.717, 1.165) is 31.3 Å². The van der Waals surface area contributed by atoms with Crippen LogP contribution in [0.2, 0.25) is 0 Å². The van der Waals surface area contributed by atoms with Crippen molar-refractivity contribution >= 4 is 63.0 Å². The molecule has 0 unspecified atom stereocenters. The zero-order valence-electron chi connectivity index (χ0n) is 14.6. The van der Waals surface area contributed by atoms with Crippen molar-refractivity contribution in [3.8, 4) is 22.6 Å². The van der Waals surface area contributed by atoms with E-state index in [1.54, 1.807) is 22.7 Å². The summed E-state index contributed by atoms with van der Waals surface area (Å²) in [6.07, 6.45) is 0. The van der Waals surface area contributed by atoms with Gasteiger partial charge in [0, 0.05) is 40.3 Å². The van der Waals surface area contributed by atoms with Gasteiger partial charge in [0.15, 0.2) is 0 Å². The van der Waals surface area contributed by atoms with Gasteiger partial charge >= 0.3 is 0 Å². The minimum absolute atomic E-state index is 0.241. The van der Waals surface area contributed by atoms with Crippen LogP contribution in [0.4, 0.5) is 0 Å². The van der Waals surface area contributed by atoms with Gasteiger partial charge in [-0.1, -0.05) is 36.4 Å². The summed E-state index contributed by atoms with van der Waals surface area (Å²) in [7, 11) is 0. The Morgan fingerprint density at radius 3 is 1.39 bits per heavy atom. The summed E-state index contributed by atoms with van der Waals surface area (Å²) < 4.78 is 4.48. The maximum atomic E-state index is 10.4. The summed E-state index contributed by atoms with van der Waals surface area (Å²) in [5, 5.41) is 25.5. The molecule has 4 aromatic carbocycles. The molecule has 6 rings (SSSR count). The molecular weight excluding hydrogens is 384 g/mol. The van der Waals surface area contributed by atoms with Gasteiger partial charge < -0.3 is 10.2 Å². The van der Waals surface area contributed by atoms with E-state index in [2.05, 4.69) is 24.3 Å². The topological polar surface area (TPSA) is 40.5 Å². The molecule has 134 valence electrons. The second-order valence-electron chi connectivity index (χ2n) is 6.93. The van der Waals surface area contributed by atoms with Gasteiger partial charge in [0.05, 0.1) is 0 Å². The number of hydrogen-bond acceptors (Lipinski definition) is 4. The smallest absolute Gasteiger partial charge is 0.117 e. The molecule has 0 saturated carbocycles. The van der Waals surface area contributed by atoms with Crippen LogP contribution in [0.5, 0.6) is 11.5 Å². The third-order valence-corrected chi connectivity index (χ3v) is 7.45. The zero-order chi connectivity index (χ0) is 18.8.